The molecule has 0 spiro atoms. The largest absolute Gasteiger partial charge is 0.359 e. The minimum atomic E-state index is 0.421. The molecule has 0 saturated carbocycles. The number of thioether (sulfide) groups is 1. The number of unbranched alkanes of at least 4 members (excludes halogenated alkanes) is 2. The second-order valence-electron chi connectivity index (χ2n) is 5.25. The minimum Gasteiger partial charge on any atom is -0.359 e. The third kappa shape index (κ3) is 12.2. The van der Waals surface area contributed by atoms with E-state index in [4.69, 9.17) is 5.41 Å². The summed E-state index contributed by atoms with van der Waals surface area (Å²) in [6.45, 7) is 9.80. The molecule has 0 aliphatic carbocycles. The average Bonchev–Trinajstić information content (AvgIpc) is 2.40. The van der Waals surface area contributed by atoms with Crippen LogP contribution in [0.15, 0.2) is 23.8 Å². The van der Waals surface area contributed by atoms with Gasteiger partial charge in [-0.15, -0.1) is 0 Å². The van der Waals surface area contributed by atoms with Gasteiger partial charge >= 0.3 is 0 Å². The second kappa shape index (κ2) is 12.5. The normalized spacial score (nSPS) is 11.1. The van der Waals surface area contributed by atoms with E-state index in [0.717, 1.165) is 38.8 Å². The molecule has 21 heavy (non-hydrogen) atoms. The fourth-order valence-electron chi connectivity index (χ4n) is 1.68. The summed E-state index contributed by atoms with van der Waals surface area (Å²) in [7, 11) is 1.95. The van der Waals surface area contributed by atoms with Gasteiger partial charge in [-0.3, -0.25) is 10.2 Å². The quantitative estimate of drug-likeness (QED) is 0.170. The molecular weight excluding hydrogens is 284 g/mol. The monoisotopic (exact) mass is 312 g/mol. The number of carbonyl (C=O) groups excluding carboxylic acids is 1. The summed E-state index contributed by atoms with van der Waals surface area (Å²) in [5.74, 6) is 0.561. The highest BCUT2D eigenvalue weighted by atomic mass is 32.2. The van der Waals surface area contributed by atoms with Gasteiger partial charge in [-0.25, -0.2) is 5.01 Å². The third-order valence-electron chi connectivity index (χ3n) is 2.55. The maximum Gasteiger partial charge on any atom is 0.207 e. The van der Waals surface area contributed by atoms with Gasteiger partial charge in [0, 0.05) is 20.1 Å². The molecule has 3 N–H and O–H groups in total. The molecule has 0 aromatic rings. The maximum absolute atomic E-state index is 10.0. The second-order valence-corrected chi connectivity index (χ2v) is 6.17. The number of carbonyl (C=O) groups is 1. The summed E-state index contributed by atoms with van der Waals surface area (Å²) >= 11 is 1.36. The van der Waals surface area contributed by atoms with Crippen molar-refractivity contribution < 1.29 is 4.79 Å². The lowest BCUT2D eigenvalue weighted by atomic mass is 10.2. The van der Waals surface area contributed by atoms with E-state index in [2.05, 4.69) is 31.2 Å². The van der Waals surface area contributed by atoms with E-state index in [9.17, 15) is 4.79 Å². The lowest BCUT2D eigenvalue weighted by Gasteiger charge is -2.22. The van der Waals surface area contributed by atoms with Crippen LogP contribution in [0.25, 0.3) is 0 Å². The first-order valence-electron chi connectivity index (χ1n) is 7.21. The van der Waals surface area contributed by atoms with Crippen molar-refractivity contribution in [2.45, 2.75) is 33.1 Å². The maximum atomic E-state index is 10.0. The van der Waals surface area contributed by atoms with E-state index < -0.39 is 0 Å². The predicted molar refractivity (Wildman–Crippen MR) is 92.1 cm³/mol. The van der Waals surface area contributed by atoms with Crippen molar-refractivity contribution in [1.82, 2.24) is 15.8 Å². The van der Waals surface area contributed by atoms with Crippen molar-refractivity contribution in [3.63, 3.8) is 0 Å². The third-order valence-corrected chi connectivity index (χ3v) is 3.36. The molecule has 0 saturated heterocycles. The van der Waals surface area contributed by atoms with E-state index in [1.807, 2.05) is 23.5 Å². The molecule has 0 heterocycles. The highest BCUT2D eigenvalue weighted by Gasteiger charge is 2.05. The van der Waals surface area contributed by atoms with Gasteiger partial charge in [0.2, 0.25) is 6.41 Å². The van der Waals surface area contributed by atoms with E-state index in [0.29, 0.717) is 16.7 Å². The lowest BCUT2D eigenvalue weighted by molar-refractivity contribution is -0.109. The van der Waals surface area contributed by atoms with Crippen molar-refractivity contribution >= 4 is 23.2 Å². The topological polar surface area (TPSA) is 68.2 Å². The zero-order valence-corrected chi connectivity index (χ0v) is 14.1. The highest BCUT2D eigenvalue weighted by Crippen LogP contribution is 2.11. The van der Waals surface area contributed by atoms with Gasteiger partial charge in [0.05, 0.1) is 5.70 Å². The van der Waals surface area contributed by atoms with Gasteiger partial charge in [0.1, 0.15) is 5.04 Å². The van der Waals surface area contributed by atoms with Gasteiger partial charge in [-0.2, -0.15) is 0 Å². The van der Waals surface area contributed by atoms with Crippen molar-refractivity contribution in [2.75, 3.05) is 20.1 Å². The van der Waals surface area contributed by atoms with Crippen LogP contribution in [0.2, 0.25) is 0 Å². The molecule has 5 nitrogen and oxygen atoms in total. The molecule has 0 atom stereocenters. The number of allylic oxidation sites excluding steroid dienone is 1. The van der Waals surface area contributed by atoms with Crippen molar-refractivity contribution in [3.8, 4) is 0 Å². The van der Waals surface area contributed by atoms with Crippen LogP contribution in [0, 0.1) is 11.3 Å². The molecule has 0 bridgehead atoms. The molecule has 0 rings (SSSR count). The van der Waals surface area contributed by atoms with Crippen LogP contribution < -0.4 is 10.7 Å². The highest BCUT2D eigenvalue weighted by molar-refractivity contribution is 8.16. The number of hydrazine groups is 1. The molecular formula is C15H28N4OS. The Hall–Kier alpha value is -1.27. The summed E-state index contributed by atoms with van der Waals surface area (Å²) in [6.07, 6.45) is 5.72. The summed E-state index contributed by atoms with van der Waals surface area (Å²) < 4.78 is 0. The lowest BCUT2D eigenvalue weighted by Crippen LogP contribution is -2.37. The molecule has 6 heteroatoms. The first-order valence-corrected chi connectivity index (χ1v) is 8.09. The zero-order valence-electron chi connectivity index (χ0n) is 13.3. The Morgan fingerprint density at radius 3 is 2.76 bits per heavy atom. The van der Waals surface area contributed by atoms with E-state index in [-0.39, 0.29) is 0 Å². The molecule has 120 valence electrons. The number of nitrogens with one attached hydrogen (secondary N) is 3. The van der Waals surface area contributed by atoms with Crippen molar-refractivity contribution in [3.05, 3.63) is 23.8 Å². The number of rotatable bonds is 12. The Bertz CT molecular complexity index is 356. The van der Waals surface area contributed by atoms with E-state index in [1.165, 1.54) is 11.8 Å². The molecule has 1 amide bonds. The molecule has 0 fully saturated rings. The van der Waals surface area contributed by atoms with Gasteiger partial charge in [0.25, 0.3) is 0 Å². The summed E-state index contributed by atoms with van der Waals surface area (Å²) in [4.78, 5) is 10.0. The summed E-state index contributed by atoms with van der Waals surface area (Å²) in [5.41, 5.74) is 3.72. The zero-order chi connectivity index (χ0) is 16.1. The Labute approximate surface area is 132 Å². The molecule has 0 aromatic heterocycles. The molecule has 0 radical (unpaired) electrons. The van der Waals surface area contributed by atoms with Crippen LogP contribution in [0.5, 0.6) is 0 Å². The number of amides is 1. The van der Waals surface area contributed by atoms with Crippen LogP contribution in [-0.2, 0) is 4.79 Å². The fourth-order valence-corrected chi connectivity index (χ4v) is 2.23. The van der Waals surface area contributed by atoms with Crippen LogP contribution >= 0.6 is 11.8 Å². The van der Waals surface area contributed by atoms with Crippen LogP contribution in [0.1, 0.15) is 33.1 Å². The Morgan fingerprint density at radius 2 is 2.14 bits per heavy atom. The van der Waals surface area contributed by atoms with Crippen LogP contribution in [0.3, 0.4) is 0 Å². The van der Waals surface area contributed by atoms with Crippen LogP contribution in [-0.4, -0.2) is 36.6 Å². The van der Waals surface area contributed by atoms with Gasteiger partial charge in [0.15, 0.2) is 0 Å². The fraction of sp³-hybridized carbons (Fsp3) is 0.600. The number of nitrogens with zero attached hydrogens (tertiary/aromatic N) is 1. The smallest absolute Gasteiger partial charge is 0.207 e. The molecule has 0 aliphatic heterocycles. The van der Waals surface area contributed by atoms with Gasteiger partial charge < -0.3 is 10.7 Å². The SMILES string of the molecule is C=C(NN(C)CC(C)C)C(=N)S/C=C/CCCCNC=O. The standard InChI is InChI=1S/C15H28N4OS/c1-13(2)11-19(4)18-14(3)15(16)21-10-8-6-5-7-9-17-12-20/h8,10,12-13,16,18H,3,5-7,9,11H2,1-2,4H3,(H,17,20)/b10-8+,16-15?. The summed E-state index contributed by atoms with van der Waals surface area (Å²) in [5, 5.41) is 14.8. The Kier molecular flexibility index (Phi) is 11.7. The van der Waals surface area contributed by atoms with Crippen molar-refractivity contribution in [1.29, 1.82) is 5.41 Å². The number of hydrogen-bond donors (Lipinski definition) is 3. The van der Waals surface area contributed by atoms with Crippen molar-refractivity contribution in [2.24, 2.45) is 5.92 Å². The summed E-state index contributed by atoms with van der Waals surface area (Å²) in [6, 6.07) is 0. The number of hydrogen-bond acceptors (Lipinski definition) is 5. The molecule has 0 unspecified atom stereocenters. The first kappa shape index (κ1) is 19.7. The Morgan fingerprint density at radius 1 is 1.43 bits per heavy atom. The minimum absolute atomic E-state index is 0.421. The molecule has 0 aliphatic rings. The van der Waals surface area contributed by atoms with Gasteiger partial charge in [-0.1, -0.05) is 38.3 Å². The predicted octanol–water partition coefficient (Wildman–Crippen LogP) is 2.73. The first-order chi connectivity index (χ1) is 9.97. The van der Waals surface area contributed by atoms with Crippen LogP contribution in [0.4, 0.5) is 0 Å². The van der Waals surface area contributed by atoms with Gasteiger partial charge in [-0.05, 0) is 30.6 Å². The average molecular weight is 312 g/mol. The molecule has 0 aromatic carbocycles. The van der Waals surface area contributed by atoms with E-state index in [1.54, 1.807) is 0 Å². The Balaban J connectivity index is 3.77. The van der Waals surface area contributed by atoms with E-state index >= 15 is 0 Å².